The van der Waals surface area contributed by atoms with Crippen LogP contribution in [-0.2, 0) is 10.5 Å². The first-order chi connectivity index (χ1) is 14.5. The molecule has 2 aromatic carbocycles. The zero-order valence-electron chi connectivity index (χ0n) is 16.4. The number of nitrogens with zero attached hydrogens (tertiary/aromatic N) is 3. The summed E-state index contributed by atoms with van der Waals surface area (Å²) < 4.78 is 7.21. The van der Waals surface area contributed by atoms with Gasteiger partial charge in [-0.1, -0.05) is 59.8 Å². The number of hydrogen-bond acceptors (Lipinski definition) is 6. The van der Waals surface area contributed by atoms with Crippen LogP contribution in [0.5, 0.6) is 5.75 Å². The van der Waals surface area contributed by atoms with Crippen LogP contribution in [0.4, 0.5) is 5.95 Å². The third-order valence-corrected chi connectivity index (χ3v) is 6.10. The molecule has 0 aliphatic carbocycles. The molecule has 9 heteroatoms. The lowest BCUT2D eigenvalue weighted by atomic mass is 9.94. The number of thioether (sulfide) groups is 1. The molecule has 4 rings (SSSR count). The van der Waals surface area contributed by atoms with Crippen molar-refractivity contribution >= 4 is 35.2 Å². The fraction of sp³-hybridized carbons (Fsp3) is 0.190. The normalized spacial score (nSPS) is 15.5. The first-order valence-corrected chi connectivity index (χ1v) is 10.6. The van der Waals surface area contributed by atoms with Crippen molar-refractivity contribution in [3.8, 4) is 5.75 Å². The Balaban J connectivity index is 1.73. The van der Waals surface area contributed by atoms with Crippen LogP contribution in [0.2, 0.25) is 5.02 Å². The van der Waals surface area contributed by atoms with E-state index < -0.39 is 11.9 Å². The number of anilines is 1. The van der Waals surface area contributed by atoms with Gasteiger partial charge in [0.15, 0.2) is 0 Å². The summed E-state index contributed by atoms with van der Waals surface area (Å²) in [5, 5.41) is 9.07. The van der Waals surface area contributed by atoms with Gasteiger partial charge < -0.3 is 15.8 Å². The van der Waals surface area contributed by atoms with Crippen molar-refractivity contribution in [1.29, 1.82) is 0 Å². The van der Waals surface area contributed by atoms with E-state index in [1.54, 1.807) is 18.7 Å². The molecule has 1 amide bonds. The maximum Gasteiger partial charge on any atom is 0.248 e. The van der Waals surface area contributed by atoms with Crippen LogP contribution in [-0.4, -0.2) is 27.8 Å². The van der Waals surface area contributed by atoms with Crippen molar-refractivity contribution in [2.75, 3.05) is 12.4 Å². The average molecular weight is 442 g/mol. The van der Waals surface area contributed by atoms with Crippen LogP contribution < -0.4 is 15.8 Å². The molecular formula is C21H20ClN5O2S. The lowest BCUT2D eigenvalue weighted by Crippen LogP contribution is -2.32. The Labute approximate surface area is 183 Å². The number of para-hydroxylation sites is 1. The number of halogens is 1. The summed E-state index contributed by atoms with van der Waals surface area (Å²) in [5.41, 5.74) is 8.57. The molecule has 1 aromatic heterocycles. The number of aromatic nitrogens is 3. The van der Waals surface area contributed by atoms with Crippen LogP contribution in [0, 0.1) is 0 Å². The Morgan fingerprint density at radius 1 is 1.27 bits per heavy atom. The molecular weight excluding hydrogens is 422 g/mol. The maximum atomic E-state index is 12.3. The van der Waals surface area contributed by atoms with E-state index >= 15 is 0 Å². The minimum Gasteiger partial charge on any atom is -0.496 e. The minimum absolute atomic E-state index is 0.416. The molecule has 1 atom stereocenters. The second kappa shape index (κ2) is 8.41. The third kappa shape index (κ3) is 3.76. The highest BCUT2D eigenvalue weighted by atomic mass is 35.5. The zero-order chi connectivity index (χ0) is 21.3. The first kappa shape index (κ1) is 20.3. The van der Waals surface area contributed by atoms with E-state index in [0.717, 1.165) is 11.1 Å². The van der Waals surface area contributed by atoms with Crippen molar-refractivity contribution in [1.82, 2.24) is 14.8 Å². The predicted molar refractivity (Wildman–Crippen MR) is 118 cm³/mol. The Kier molecular flexibility index (Phi) is 5.69. The molecule has 0 saturated carbocycles. The number of nitrogens with two attached hydrogens (primary N) is 1. The maximum absolute atomic E-state index is 12.3. The van der Waals surface area contributed by atoms with E-state index in [9.17, 15) is 4.79 Å². The summed E-state index contributed by atoms with van der Waals surface area (Å²) in [6.07, 6.45) is 0. The van der Waals surface area contributed by atoms with E-state index in [1.807, 2.05) is 48.5 Å². The highest BCUT2D eigenvalue weighted by molar-refractivity contribution is 7.98. The Bertz CT molecular complexity index is 1140. The van der Waals surface area contributed by atoms with Crippen molar-refractivity contribution in [2.24, 2.45) is 5.73 Å². The highest BCUT2D eigenvalue weighted by Crippen LogP contribution is 2.39. The lowest BCUT2D eigenvalue weighted by molar-refractivity contribution is -0.115. The molecule has 0 saturated heterocycles. The summed E-state index contributed by atoms with van der Waals surface area (Å²) >= 11 is 7.72. The Morgan fingerprint density at radius 3 is 2.73 bits per heavy atom. The van der Waals surface area contributed by atoms with Crippen LogP contribution in [0.1, 0.15) is 24.1 Å². The standard InChI is InChI=1S/C21H20ClN5O2S/c1-12-17(19(23)28)18(14-8-4-6-10-16(14)29-2)27-20(24-12)25-21(26-27)30-11-13-7-3-5-9-15(13)22/h3-10,18H,11H2,1-2H3,(H2,23,28)(H,24,25,26). The topological polar surface area (TPSA) is 95.1 Å². The fourth-order valence-corrected chi connectivity index (χ4v) is 4.56. The number of ether oxygens (including phenoxy) is 1. The molecule has 3 aromatic rings. The van der Waals surface area contributed by atoms with Gasteiger partial charge in [-0.15, -0.1) is 5.10 Å². The Hall–Kier alpha value is -2.97. The van der Waals surface area contributed by atoms with Crippen LogP contribution in [0.15, 0.2) is 65.0 Å². The summed E-state index contributed by atoms with van der Waals surface area (Å²) in [7, 11) is 1.59. The van der Waals surface area contributed by atoms with Crippen molar-refractivity contribution in [3.05, 3.63) is 76.0 Å². The summed E-state index contributed by atoms with van der Waals surface area (Å²) in [4.78, 5) is 16.9. The molecule has 1 aliphatic heterocycles. The second-order valence-electron chi connectivity index (χ2n) is 6.72. The van der Waals surface area contributed by atoms with Crippen molar-refractivity contribution in [3.63, 3.8) is 0 Å². The van der Waals surface area contributed by atoms with E-state index in [0.29, 0.717) is 38.9 Å². The van der Waals surface area contributed by atoms with E-state index in [4.69, 9.17) is 22.1 Å². The predicted octanol–water partition coefficient (Wildman–Crippen LogP) is 4.01. The minimum atomic E-state index is -0.544. The van der Waals surface area contributed by atoms with Gasteiger partial charge in [0.05, 0.1) is 12.7 Å². The molecule has 1 aliphatic rings. The number of fused-ring (bicyclic) bond motifs is 1. The number of primary amides is 1. The smallest absolute Gasteiger partial charge is 0.248 e. The van der Waals surface area contributed by atoms with E-state index in [-0.39, 0.29) is 0 Å². The van der Waals surface area contributed by atoms with Gasteiger partial charge in [0.25, 0.3) is 0 Å². The number of methoxy groups -OCH3 is 1. The van der Waals surface area contributed by atoms with Crippen LogP contribution in [0.3, 0.4) is 0 Å². The molecule has 154 valence electrons. The summed E-state index contributed by atoms with van der Waals surface area (Å²) in [5.74, 6) is 1.28. The molecule has 0 bridgehead atoms. The van der Waals surface area contributed by atoms with Crippen molar-refractivity contribution in [2.45, 2.75) is 23.9 Å². The molecule has 7 nitrogen and oxygen atoms in total. The molecule has 1 unspecified atom stereocenters. The van der Waals surface area contributed by atoms with Gasteiger partial charge in [-0.25, -0.2) is 4.68 Å². The number of benzene rings is 2. The van der Waals surface area contributed by atoms with Gasteiger partial charge >= 0.3 is 0 Å². The number of allylic oxidation sites excluding steroid dienone is 1. The van der Waals surface area contributed by atoms with Gasteiger partial charge in [0, 0.05) is 22.0 Å². The van der Waals surface area contributed by atoms with Gasteiger partial charge in [-0.3, -0.25) is 4.79 Å². The molecule has 30 heavy (non-hydrogen) atoms. The molecule has 0 spiro atoms. The van der Waals surface area contributed by atoms with Gasteiger partial charge in [-0.2, -0.15) is 4.98 Å². The van der Waals surface area contributed by atoms with Crippen LogP contribution >= 0.6 is 23.4 Å². The molecule has 2 heterocycles. The van der Waals surface area contributed by atoms with Gasteiger partial charge in [0.2, 0.25) is 17.0 Å². The summed E-state index contributed by atoms with van der Waals surface area (Å²) in [6, 6.07) is 14.6. The lowest BCUT2D eigenvalue weighted by Gasteiger charge is -2.28. The van der Waals surface area contributed by atoms with Gasteiger partial charge in [-0.05, 0) is 24.6 Å². The third-order valence-electron chi connectivity index (χ3n) is 4.85. The van der Waals surface area contributed by atoms with E-state index in [2.05, 4.69) is 15.4 Å². The molecule has 3 N–H and O–H groups in total. The number of carbonyl (C=O) groups excluding carboxylic acids is 1. The number of nitrogens with one attached hydrogen (secondary N) is 1. The second-order valence-corrected chi connectivity index (χ2v) is 8.06. The summed E-state index contributed by atoms with van der Waals surface area (Å²) in [6.45, 7) is 1.80. The molecule has 0 radical (unpaired) electrons. The fourth-order valence-electron chi connectivity index (χ4n) is 3.45. The number of carbonyl (C=O) groups is 1. The highest BCUT2D eigenvalue weighted by Gasteiger charge is 2.34. The Morgan fingerprint density at radius 2 is 2.00 bits per heavy atom. The van der Waals surface area contributed by atoms with Crippen LogP contribution in [0.25, 0.3) is 0 Å². The monoisotopic (exact) mass is 441 g/mol. The molecule has 0 fully saturated rings. The number of amides is 1. The number of rotatable bonds is 6. The quantitative estimate of drug-likeness (QED) is 0.561. The number of hydrogen-bond donors (Lipinski definition) is 2. The SMILES string of the molecule is COc1ccccc1C1C(C(N)=O)=C(C)Nc2nc(SCc3ccccc3Cl)nn21. The average Bonchev–Trinajstić information content (AvgIpc) is 3.14. The zero-order valence-corrected chi connectivity index (χ0v) is 18.0. The largest absolute Gasteiger partial charge is 0.496 e. The van der Waals surface area contributed by atoms with E-state index in [1.165, 1.54) is 11.8 Å². The van der Waals surface area contributed by atoms with Crippen molar-refractivity contribution < 1.29 is 9.53 Å². The first-order valence-electron chi connectivity index (χ1n) is 9.23. The van der Waals surface area contributed by atoms with Gasteiger partial charge in [0.1, 0.15) is 11.8 Å².